The molecule has 0 radical (unpaired) electrons. The van der Waals surface area contributed by atoms with Crippen LogP contribution in [0.4, 0.5) is 0 Å². The van der Waals surface area contributed by atoms with E-state index in [0.717, 1.165) is 16.2 Å². The Morgan fingerprint density at radius 1 is 0.800 bits per heavy atom. The van der Waals surface area contributed by atoms with Crippen LogP contribution in [0.15, 0.2) is 91.0 Å². The van der Waals surface area contributed by atoms with E-state index in [2.05, 4.69) is 0 Å². The molecule has 0 amide bonds. The molecule has 0 saturated heterocycles. The van der Waals surface area contributed by atoms with Crippen molar-refractivity contribution >= 4 is 35.0 Å². The first kappa shape index (κ1) is 17.6. The molecule has 0 saturated carbocycles. The molecule has 0 aliphatic heterocycles. The predicted molar refractivity (Wildman–Crippen MR) is 110 cm³/mol. The molecule has 0 fully saturated rings. The van der Waals surface area contributed by atoms with Crippen LogP contribution in [0.2, 0.25) is 0 Å². The highest BCUT2D eigenvalue weighted by atomic mass is 32.1. The van der Waals surface area contributed by atoms with Crippen LogP contribution in [-0.2, 0) is 11.0 Å². The highest BCUT2D eigenvalue weighted by Crippen LogP contribution is 2.49. The van der Waals surface area contributed by atoms with Gasteiger partial charge >= 0.3 is 0 Å². The topological polar surface area (TPSA) is 43.1 Å². The molecule has 2 nitrogen and oxygen atoms in total. The van der Waals surface area contributed by atoms with Crippen LogP contribution in [-0.4, -0.2) is 10.6 Å². The molecule has 1 atom stereocenters. The van der Waals surface area contributed by atoms with Gasteiger partial charge < -0.3 is 10.3 Å². The smallest absolute Gasteiger partial charge is 0.153 e. The Hall–Kier alpha value is -2.22. The standard InChI is InChI=1S/C21H20NOPS/c22-21(25)20(16-17-10-4-1-5-11-17)24(23,18-12-6-2-7-13-18)19-14-8-3-9-15-19/h1-15,20H,16H2,(H2,22,25). The van der Waals surface area contributed by atoms with Gasteiger partial charge in [-0.05, 0) is 12.0 Å². The molecule has 1 unspecified atom stereocenters. The van der Waals surface area contributed by atoms with Crippen molar-refractivity contribution in [3.05, 3.63) is 96.6 Å². The van der Waals surface area contributed by atoms with Crippen molar-refractivity contribution in [3.8, 4) is 0 Å². The third-order valence-corrected chi connectivity index (χ3v) is 8.25. The summed E-state index contributed by atoms with van der Waals surface area (Å²) in [5.74, 6) is 0. The first-order valence-electron chi connectivity index (χ1n) is 8.16. The van der Waals surface area contributed by atoms with E-state index in [4.69, 9.17) is 18.0 Å². The van der Waals surface area contributed by atoms with E-state index in [9.17, 15) is 4.57 Å². The lowest BCUT2D eigenvalue weighted by atomic mass is 10.1. The Labute approximate surface area is 154 Å². The van der Waals surface area contributed by atoms with Gasteiger partial charge in [0, 0.05) is 10.6 Å². The van der Waals surface area contributed by atoms with Crippen molar-refractivity contribution in [2.24, 2.45) is 5.73 Å². The summed E-state index contributed by atoms with van der Waals surface area (Å²) in [6, 6.07) is 29.1. The Morgan fingerprint density at radius 3 is 1.60 bits per heavy atom. The number of thiocarbonyl (C=S) groups is 1. The third-order valence-electron chi connectivity index (χ3n) is 4.32. The van der Waals surface area contributed by atoms with Crippen LogP contribution in [0, 0.1) is 0 Å². The van der Waals surface area contributed by atoms with Crippen molar-refractivity contribution in [2.45, 2.75) is 12.1 Å². The summed E-state index contributed by atoms with van der Waals surface area (Å²) >= 11 is 5.37. The zero-order valence-corrected chi connectivity index (χ0v) is 15.5. The van der Waals surface area contributed by atoms with Crippen LogP contribution < -0.4 is 16.3 Å². The van der Waals surface area contributed by atoms with Crippen LogP contribution in [0.25, 0.3) is 0 Å². The van der Waals surface area contributed by atoms with Gasteiger partial charge in [-0.2, -0.15) is 0 Å². The van der Waals surface area contributed by atoms with E-state index >= 15 is 0 Å². The van der Waals surface area contributed by atoms with E-state index in [1.165, 1.54) is 0 Å². The SMILES string of the molecule is NC(=S)C(Cc1ccccc1)P(=O)(c1ccccc1)c1ccccc1. The van der Waals surface area contributed by atoms with Gasteiger partial charge in [0.15, 0.2) is 7.14 Å². The third kappa shape index (κ3) is 3.73. The maximum Gasteiger partial charge on any atom is 0.153 e. The van der Waals surface area contributed by atoms with E-state index in [0.29, 0.717) is 11.4 Å². The summed E-state index contributed by atoms with van der Waals surface area (Å²) in [6.45, 7) is 0. The predicted octanol–water partition coefficient (Wildman–Crippen LogP) is 3.90. The van der Waals surface area contributed by atoms with Crippen LogP contribution in [0.3, 0.4) is 0 Å². The Kier molecular flexibility index (Phi) is 5.47. The number of hydrogen-bond acceptors (Lipinski definition) is 2. The molecule has 0 aliphatic rings. The van der Waals surface area contributed by atoms with Gasteiger partial charge in [0.25, 0.3) is 0 Å². The second kappa shape index (κ2) is 7.77. The number of nitrogens with two attached hydrogens (primary N) is 1. The normalized spacial score (nSPS) is 12.5. The van der Waals surface area contributed by atoms with Crippen LogP contribution in [0.1, 0.15) is 5.56 Å². The highest BCUT2D eigenvalue weighted by molar-refractivity contribution is 7.85. The average molecular weight is 365 g/mol. The van der Waals surface area contributed by atoms with Gasteiger partial charge in [0.05, 0.1) is 10.6 Å². The number of rotatable bonds is 6. The Bertz CT molecular complexity index is 838. The molecule has 126 valence electrons. The number of benzene rings is 3. The van der Waals surface area contributed by atoms with E-state index < -0.39 is 12.8 Å². The van der Waals surface area contributed by atoms with Gasteiger partial charge in [0.2, 0.25) is 0 Å². The highest BCUT2D eigenvalue weighted by Gasteiger charge is 2.38. The monoisotopic (exact) mass is 365 g/mol. The first-order valence-corrected chi connectivity index (χ1v) is 10.3. The minimum absolute atomic E-state index is 0.292. The van der Waals surface area contributed by atoms with Crippen molar-refractivity contribution in [1.82, 2.24) is 0 Å². The van der Waals surface area contributed by atoms with Gasteiger partial charge in [-0.15, -0.1) is 0 Å². The first-order chi connectivity index (χ1) is 12.1. The van der Waals surface area contributed by atoms with E-state index in [1.54, 1.807) is 0 Å². The summed E-state index contributed by atoms with van der Waals surface area (Å²) < 4.78 is 14.4. The lowest BCUT2D eigenvalue weighted by Gasteiger charge is -2.28. The summed E-state index contributed by atoms with van der Waals surface area (Å²) in [7, 11) is -3.02. The second-order valence-corrected chi connectivity index (χ2v) is 9.38. The van der Waals surface area contributed by atoms with E-state index in [-0.39, 0.29) is 0 Å². The molecule has 3 aromatic rings. The van der Waals surface area contributed by atoms with Crippen molar-refractivity contribution in [3.63, 3.8) is 0 Å². The second-order valence-electron chi connectivity index (χ2n) is 5.94. The Morgan fingerprint density at radius 2 is 1.20 bits per heavy atom. The summed E-state index contributed by atoms with van der Waals surface area (Å²) in [5.41, 5.74) is 6.76. The van der Waals surface area contributed by atoms with Gasteiger partial charge in [-0.3, -0.25) is 0 Å². The fourth-order valence-electron chi connectivity index (χ4n) is 3.05. The molecule has 25 heavy (non-hydrogen) atoms. The van der Waals surface area contributed by atoms with Crippen LogP contribution in [0.5, 0.6) is 0 Å². The lowest BCUT2D eigenvalue weighted by molar-refractivity contribution is 0.583. The minimum atomic E-state index is -3.02. The zero-order chi connectivity index (χ0) is 17.7. The molecule has 0 heterocycles. The Balaban J connectivity index is 2.15. The van der Waals surface area contributed by atoms with Crippen molar-refractivity contribution < 1.29 is 4.57 Å². The van der Waals surface area contributed by atoms with Gasteiger partial charge in [-0.25, -0.2) is 0 Å². The molecule has 3 rings (SSSR count). The lowest BCUT2D eigenvalue weighted by Crippen LogP contribution is -2.36. The number of hydrogen-bond donors (Lipinski definition) is 1. The summed E-state index contributed by atoms with van der Waals surface area (Å²) in [6.07, 6.45) is 0.553. The van der Waals surface area contributed by atoms with Gasteiger partial charge in [-0.1, -0.05) is 103 Å². The molecular weight excluding hydrogens is 345 g/mol. The molecule has 0 spiro atoms. The molecular formula is C21H20NOPS. The van der Waals surface area contributed by atoms with Crippen molar-refractivity contribution in [2.75, 3.05) is 0 Å². The molecule has 0 aliphatic carbocycles. The molecule has 0 aromatic heterocycles. The van der Waals surface area contributed by atoms with Crippen molar-refractivity contribution in [1.29, 1.82) is 0 Å². The molecule has 3 aromatic carbocycles. The maximum atomic E-state index is 14.4. The largest absolute Gasteiger partial charge is 0.393 e. The minimum Gasteiger partial charge on any atom is -0.393 e. The quantitative estimate of drug-likeness (QED) is 0.532. The summed E-state index contributed by atoms with van der Waals surface area (Å²) in [4.78, 5) is 0.292. The summed E-state index contributed by atoms with van der Waals surface area (Å²) in [5, 5.41) is 1.57. The zero-order valence-electron chi connectivity index (χ0n) is 13.8. The fourth-order valence-corrected chi connectivity index (χ4v) is 6.66. The molecule has 4 heteroatoms. The van der Waals surface area contributed by atoms with Crippen LogP contribution >= 0.6 is 19.4 Å². The van der Waals surface area contributed by atoms with E-state index in [1.807, 2.05) is 91.0 Å². The molecule has 2 N–H and O–H groups in total. The fraction of sp³-hybridized carbons (Fsp3) is 0.0952. The maximum absolute atomic E-state index is 14.4. The average Bonchev–Trinajstić information content (AvgIpc) is 2.67. The van der Waals surface area contributed by atoms with Gasteiger partial charge in [0.1, 0.15) is 0 Å². The molecule has 0 bridgehead atoms.